The average Bonchev–Trinajstić information content (AvgIpc) is 4.04. The molecule has 1 aliphatic heterocycles. The first-order valence-electron chi connectivity index (χ1n) is 20.8. The van der Waals surface area contributed by atoms with Gasteiger partial charge in [0.1, 0.15) is 42.5 Å². The summed E-state index contributed by atoms with van der Waals surface area (Å²) in [5.74, 6) is -0.936. The molecule has 1 N–H and O–H groups in total. The highest BCUT2D eigenvalue weighted by Gasteiger charge is 2.31. The van der Waals surface area contributed by atoms with E-state index >= 15 is 0 Å². The lowest BCUT2D eigenvalue weighted by Crippen LogP contribution is -2.34. The Morgan fingerprint density at radius 1 is 0.967 bits per heavy atom. The van der Waals surface area contributed by atoms with Gasteiger partial charge in [-0.1, -0.05) is 45.9 Å². The molecule has 3 aromatic heterocycles. The molecule has 334 valence electrons. The van der Waals surface area contributed by atoms with Crippen molar-refractivity contribution in [2.24, 2.45) is 23.7 Å². The van der Waals surface area contributed by atoms with Crippen molar-refractivity contribution in [3.63, 3.8) is 0 Å². The number of aliphatic hydroxyl groups is 1. The van der Waals surface area contributed by atoms with Crippen LogP contribution >= 0.6 is 0 Å². The van der Waals surface area contributed by atoms with Gasteiger partial charge in [-0.25, -0.2) is 15.0 Å². The van der Waals surface area contributed by atoms with Crippen LogP contribution in [0.15, 0.2) is 62.5 Å². The molecule has 9 atom stereocenters. The van der Waals surface area contributed by atoms with Crippen molar-refractivity contribution < 1.29 is 56.5 Å². The maximum absolute atomic E-state index is 13.3. The largest absolute Gasteiger partial charge is 0.462 e. The van der Waals surface area contributed by atoms with Gasteiger partial charge in [-0.3, -0.25) is 19.2 Å². The van der Waals surface area contributed by atoms with Crippen molar-refractivity contribution in [3.8, 4) is 23.2 Å². The van der Waals surface area contributed by atoms with Crippen LogP contribution in [0.3, 0.4) is 0 Å². The van der Waals surface area contributed by atoms with Gasteiger partial charge in [0.15, 0.2) is 17.2 Å². The Morgan fingerprint density at radius 3 is 2.39 bits per heavy atom. The van der Waals surface area contributed by atoms with Gasteiger partial charge in [-0.15, -0.1) is 0 Å². The Hall–Kier alpha value is -5.03. The molecule has 61 heavy (non-hydrogen) atoms. The van der Waals surface area contributed by atoms with Gasteiger partial charge in [-0.05, 0) is 62.5 Å². The van der Waals surface area contributed by atoms with Crippen LogP contribution in [-0.4, -0.2) is 102 Å². The zero-order chi connectivity index (χ0) is 44.5. The van der Waals surface area contributed by atoms with Crippen molar-refractivity contribution in [1.82, 2.24) is 19.9 Å². The summed E-state index contributed by atoms with van der Waals surface area (Å²) in [6.07, 6.45) is 15.2. The molecule has 0 aliphatic carbocycles. The number of hydrogen-bond donors (Lipinski definition) is 1. The lowest BCUT2D eigenvalue weighted by atomic mass is 9.86. The molecule has 1 aliphatic rings. The number of methoxy groups -OCH3 is 3. The van der Waals surface area contributed by atoms with E-state index in [1.165, 1.54) is 36.9 Å². The van der Waals surface area contributed by atoms with E-state index in [2.05, 4.69) is 15.0 Å². The van der Waals surface area contributed by atoms with Crippen LogP contribution < -0.4 is 0 Å². The highest BCUT2D eigenvalue weighted by atomic mass is 16.5. The molecule has 0 saturated heterocycles. The SMILES string of the molecule is COC1CC(C)C(=O)C=CCC(O)CC(=O)OC(CC(OC)C(C)CCC(=O)C(C)C(CC=CN(C)C=O)OC)C(C)CCC=Cc2nc(co2)-c2nc(co2)-c2nc1co2. The summed E-state index contributed by atoms with van der Waals surface area (Å²) in [7, 11) is 6.33. The highest BCUT2D eigenvalue weighted by Crippen LogP contribution is 2.31. The number of hydrogen-bond acceptors (Lipinski definition) is 15. The van der Waals surface area contributed by atoms with Gasteiger partial charge in [0.2, 0.25) is 24.1 Å². The molecule has 9 unspecified atom stereocenters. The number of nitrogens with zero attached hydrogens (tertiary/aromatic N) is 4. The number of carbonyl (C=O) groups is 4. The van der Waals surface area contributed by atoms with Gasteiger partial charge >= 0.3 is 5.97 Å². The summed E-state index contributed by atoms with van der Waals surface area (Å²) in [5.41, 5.74) is 1.21. The third kappa shape index (κ3) is 14.8. The molecule has 16 nitrogen and oxygen atoms in total. The number of ketones is 2. The third-order valence-corrected chi connectivity index (χ3v) is 11.2. The molecule has 6 bridgehead atoms. The summed E-state index contributed by atoms with van der Waals surface area (Å²) in [6.45, 7) is 7.63. The van der Waals surface area contributed by atoms with Gasteiger partial charge in [-0.2, -0.15) is 0 Å². The van der Waals surface area contributed by atoms with Crippen molar-refractivity contribution >= 4 is 30.0 Å². The fourth-order valence-corrected chi connectivity index (χ4v) is 7.08. The molecule has 1 amide bonds. The summed E-state index contributed by atoms with van der Waals surface area (Å²) < 4.78 is 40.3. The Balaban J connectivity index is 1.48. The normalized spacial score (nSPS) is 23.0. The first kappa shape index (κ1) is 48.6. The topological polar surface area (TPSA) is 207 Å². The number of oxazole rings is 3. The van der Waals surface area contributed by atoms with E-state index in [4.69, 9.17) is 32.2 Å². The number of rotatable bonds is 15. The minimum absolute atomic E-state index is 0.0545. The Labute approximate surface area is 357 Å². The molecule has 0 saturated carbocycles. The zero-order valence-electron chi connectivity index (χ0n) is 36.6. The van der Waals surface area contributed by atoms with Crippen molar-refractivity contribution in [2.45, 2.75) is 116 Å². The number of cyclic esters (lactones) is 1. The molecule has 0 aromatic carbocycles. The predicted molar refractivity (Wildman–Crippen MR) is 224 cm³/mol. The molecule has 3 aromatic rings. The van der Waals surface area contributed by atoms with E-state index in [1.54, 1.807) is 52.6 Å². The molecule has 16 heteroatoms. The molecule has 0 spiro atoms. The van der Waals surface area contributed by atoms with Crippen LogP contribution in [0.25, 0.3) is 29.2 Å². The fraction of sp³-hybridized carbons (Fsp3) is 0.578. The van der Waals surface area contributed by atoms with Crippen molar-refractivity contribution in [1.29, 1.82) is 0 Å². The number of amides is 1. The molecular weight excluding hydrogens is 789 g/mol. The second-order valence-electron chi connectivity index (χ2n) is 15.9. The molecule has 0 radical (unpaired) electrons. The Bertz CT molecular complexity index is 1930. The number of carbonyl (C=O) groups excluding carboxylic acids is 4. The van der Waals surface area contributed by atoms with Gasteiger partial charge in [0.25, 0.3) is 0 Å². The third-order valence-electron chi connectivity index (χ3n) is 11.2. The standard InChI is InChI=1S/C45H62N4O12/c1-28-13-9-10-17-42-46-34(25-58-42)44-48-35(26-60-44)45-47-33(24-59-45)41(57-8)21-30(3)36(52)15-11-14-32(51)22-43(54)61-40(28)23-39(56-7)29(2)18-19-37(53)31(4)38(55-6)16-12-20-49(5)27-50/h10-12,15,17,20,24-32,38-41,51H,9,13-14,16,18-19,21-23H2,1-8H3. The van der Waals surface area contributed by atoms with Gasteiger partial charge in [0, 0.05) is 59.3 Å². The first-order valence-corrected chi connectivity index (χ1v) is 20.8. The predicted octanol–water partition coefficient (Wildman–Crippen LogP) is 7.35. The van der Waals surface area contributed by atoms with Crippen LogP contribution in [0, 0.1) is 23.7 Å². The van der Waals surface area contributed by atoms with Gasteiger partial charge in [0.05, 0.1) is 24.7 Å². The number of Topliss-reactive ketones (excluding diaryl/α,β-unsaturated/α-hetero) is 1. The zero-order valence-corrected chi connectivity index (χ0v) is 36.6. The van der Waals surface area contributed by atoms with Crippen molar-refractivity contribution in [3.05, 3.63) is 60.9 Å². The number of aromatic nitrogens is 3. The summed E-state index contributed by atoms with van der Waals surface area (Å²) >= 11 is 0. The van der Waals surface area contributed by atoms with E-state index in [1.807, 2.05) is 26.8 Å². The number of esters is 1. The second-order valence-corrected chi connectivity index (χ2v) is 15.9. The number of aliphatic hydroxyl groups excluding tert-OH is 1. The van der Waals surface area contributed by atoms with E-state index in [-0.39, 0.29) is 66.2 Å². The van der Waals surface area contributed by atoms with E-state index in [9.17, 15) is 24.3 Å². The Morgan fingerprint density at radius 2 is 1.67 bits per heavy atom. The number of fused-ring (bicyclic) bond motifs is 8. The monoisotopic (exact) mass is 850 g/mol. The minimum atomic E-state index is -1.07. The van der Waals surface area contributed by atoms with Crippen LogP contribution in [0.4, 0.5) is 0 Å². The number of allylic oxidation sites excluding steroid dienone is 2. The van der Waals surface area contributed by atoms with Crippen LogP contribution in [0.1, 0.15) is 103 Å². The smallest absolute Gasteiger partial charge is 0.308 e. The van der Waals surface area contributed by atoms with Crippen LogP contribution in [0.2, 0.25) is 0 Å². The molecule has 4 rings (SSSR count). The quantitative estimate of drug-likeness (QED) is 0.117. The summed E-state index contributed by atoms with van der Waals surface area (Å²) in [5, 5.41) is 10.8. The van der Waals surface area contributed by atoms with E-state index in [0.717, 1.165) is 0 Å². The lowest BCUT2D eigenvalue weighted by Gasteiger charge is -2.31. The maximum Gasteiger partial charge on any atom is 0.308 e. The van der Waals surface area contributed by atoms with Crippen LogP contribution in [0.5, 0.6) is 0 Å². The Kier molecular flexibility index (Phi) is 19.5. The minimum Gasteiger partial charge on any atom is -0.462 e. The molecule has 4 heterocycles. The first-order chi connectivity index (χ1) is 29.3. The average molecular weight is 851 g/mol. The molecular formula is C45H62N4O12. The van der Waals surface area contributed by atoms with Crippen LogP contribution in [-0.2, 0) is 38.1 Å². The maximum atomic E-state index is 13.3. The highest BCUT2D eigenvalue weighted by molar-refractivity contribution is 5.91. The van der Waals surface area contributed by atoms with E-state index in [0.29, 0.717) is 74.3 Å². The van der Waals surface area contributed by atoms with E-state index < -0.39 is 30.2 Å². The lowest BCUT2D eigenvalue weighted by molar-refractivity contribution is -0.156. The fourth-order valence-electron chi connectivity index (χ4n) is 7.08. The second kappa shape index (κ2) is 24.4. The number of ether oxygens (including phenoxy) is 4. The molecule has 0 fully saturated rings. The summed E-state index contributed by atoms with van der Waals surface area (Å²) in [6, 6.07) is 0. The van der Waals surface area contributed by atoms with Crippen molar-refractivity contribution in [2.75, 3.05) is 28.4 Å². The van der Waals surface area contributed by atoms with Gasteiger partial charge < -0.3 is 42.2 Å². The summed E-state index contributed by atoms with van der Waals surface area (Å²) in [4.78, 5) is 65.5.